The van der Waals surface area contributed by atoms with Gasteiger partial charge in [-0.3, -0.25) is 10.1 Å². The fraction of sp³-hybridized carbons (Fsp3) is 0.565. The lowest BCUT2D eigenvalue weighted by Crippen LogP contribution is -2.50. The first kappa shape index (κ1) is 26.0. The maximum Gasteiger partial charge on any atom is 0.349 e. The van der Waals surface area contributed by atoms with Crippen molar-refractivity contribution in [3.8, 4) is 6.07 Å². The van der Waals surface area contributed by atoms with Crippen LogP contribution in [0.15, 0.2) is 11.6 Å². The van der Waals surface area contributed by atoms with E-state index in [-0.39, 0.29) is 5.57 Å². The van der Waals surface area contributed by atoms with Gasteiger partial charge in [-0.15, -0.1) is 0 Å². The van der Waals surface area contributed by atoms with Crippen LogP contribution in [-0.4, -0.2) is 34.1 Å². The molecule has 1 atom stereocenters. The number of hydrogen-bond acceptors (Lipinski definition) is 5. The minimum absolute atomic E-state index is 0.220. The molecule has 0 fully saturated rings. The molecule has 1 aromatic heterocycles. The third-order valence-electron chi connectivity index (χ3n) is 4.56. The fourth-order valence-corrected chi connectivity index (χ4v) is 2.86. The molecule has 1 unspecified atom stereocenters. The first-order chi connectivity index (χ1) is 14.2. The van der Waals surface area contributed by atoms with Gasteiger partial charge in [-0.25, -0.2) is 9.59 Å². The Bertz CT molecular complexity index is 898. The van der Waals surface area contributed by atoms with Crippen LogP contribution in [-0.2, 0) is 20.9 Å². The highest BCUT2D eigenvalue weighted by molar-refractivity contribution is 6.01. The first-order valence-corrected chi connectivity index (χ1v) is 10.4. The molecule has 0 spiro atoms. The average molecular weight is 431 g/mol. The van der Waals surface area contributed by atoms with Gasteiger partial charge in [-0.1, -0.05) is 13.8 Å². The standard InChI is InChI=1S/C23H34N4O4/c1-14(2)9-10-27-15(3)11-18(16(27)4)12-19(13-24)21(29)31-17(5)20(28)25-22(30)26-23(6,7)8/h11-12,14,17H,9-10H2,1-8H3,(H2,25,26,28,30)/b19-12+. The lowest BCUT2D eigenvalue weighted by atomic mass is 10.1. The highest BCUT2D eigenvalue weighted by atomic mass is 16.5. The Labute approximate surface area is 184 Å². The van der Waals surface area contributed by atoms with Crippen LogP contribution >= 0.6 is 0 Å². The zero-order valence-corrected chi connectivity index (χ0v) is 19.8. The maximum atomic E-state index is 12.4. The summed E-state index contributed by atoms with van der Waals surface area (Å²) >= 11 is 0. The van der Waals surface area contributed by atoms with Gasteiger partial charge in [0.25, 0.3) is 5.91 Å². The zero-order chi connectivity index (χ0) is 23.9. The topological polar surface area (TPSA) is 113 Å². The van der Waals surface area contributed by atoms with E-state index in [0.717, 1.165) is 29.9 Å². The second kappa shape index (κ2) is 10.8. The van der Waals surface area contributed by atoms with Crippen LogP contribution in [0.3, 0.4) is 0 Å². The van der Waals surface area contributed by atoms with Gasteiger partial charge in [-0.05, 0) is 71.6 Å². The largest absolute Gasteiger partial charge is 0.448 e. The Morgan fingerprint density at radius 2 is 1.84 bits per heavy atom. The van der Waals surface area contributed by atoms with Crippen LogP contribution in [0, 0.1) is 31.1 Å². The molecule has 0 bridgehead atoms. The van der Waals surface area contributed by atoms with Crippen molar-refractivity contribution in [3.05, 3.63) is 28.6 Å². The molecule has 8 nitrogen and oxygen atoms in total. The average Bonchev–Trinajstić information content (AvgIpc) is 2.88. The summed E-state index contributed by atoms with van der Waals surface area (Å²) in [6, 6.07) is 3.06. The zero-order valence-electron chi connectivity index (χ0n) is 19.8. The van der Waals surface area contributed by atoms with E-state index in [4.69, 9.17) is 4.74 Å². The van der Waals surface area contributed by atoms with Crippen molar-refractivity contribution < 1.29 is 19.1 Å². The number of imide groups is 1. The van der Waals surface area contributed by atoms with Gasteiger partial charge < -0.3 is 14.6 Å². The van der Waals surface area contributed by atoms with Crippen LogP contribution in [0.25, 0.3) is 6.08 Å². The van der Waals surface area contributed by atoms with E-state index in [1.807, 2.05) is 26.0 Å². The number of nitriles is 1. The van der Waals surface area contributed by atoms with Gasteiger partial charge in [0.2, 0.25) is 0 Å². The summed E-state index contributed by atoms with van der Waals surface area (Å²) in [5.41, 5.74) is 1.98. The molecular weight excluding hydrogens is 396 g/mol. The number of hydrogen-bond donors (Lipinski definition) is 2. The van der Waals surface area contributed by atoms with Gasteiger partial charge >= 0.3 is 12.0 Å². The molecule has 3 amide bonds. The summed E-state index contributed by atoms with van der Waals surface area (Å²) in [6.07, 6.45) is 1.24. The summed E-state index contributed by atoms with van der Waals surface area (Å²) < 4.78 is 7.24. The molecule has 2 N–H and O–H groups in total. The minimum Gasteiger partial charge on any atom is -0.448 e. The van der Waals surface area contributed by atoms with Gasteiger partial charge in [-0.2, -0.15) is 5.26 Å². The predicted molar refractivity (Wildman–Crippen MR) is 119 cm³/mol. The number of aryl methyl sites for hydroxylation is 1. The molecule has 1 rings (SSSR count). The van der Waals surface area contributed by atoms with E-state index < -0.39 is 29.6 Å². The van der Waals surface area contributed by atoms with Crippen LogP contribution in [0.4, 0.5) is 4.79 Å². The first-order valence-electron chi connectivity index (χ1n) is 10.4. The Morgan fingerprint density at radius 1 is 1.23 bits per heavy atom. The van der Waals surface area contributed by atoms with Crippen molar-refractivity contribution in [1.82, 2.24) is 15.2 Å². The maximum absolute atomic E-state index is 12.4. The van der Waals surface area contributed by atoms with Crippen LogP contribution in [0.1, 0.15) is 64.9 Å². The molecular formula is C23H34N4O4. The predicted octanol–water partition coefficient (Wildman–Crippen LogP) is 3.61. The van der Waals surface area contributed by atoms with Crippen molar-refractivity contribution >= 4 is 24.0 Å². The van der Waals surface area contributed by atoms with Crippen molar-refractivity contribution in [3.63, 3.8) is 0 Å². The molecule has 0 aliphatic heterocycles. The SMILES string of the molecule is Cc1cc(/C=C(\C#N)C(=O)OC(C)C(=O)NC(=O)NC(C)(C)C)c(C)n1CCC(C)C. The minimum atomic E-state index is -1.24. The van der Waals surface area contributed by atoms with E-state index in [9.17, 15) is 19.6 Å². The van der Waals surface area contributed by atoms with Gasteiger partial charge in [0.1, 0.15) is 11.6 Å². The number of amides is 3. The molecule has 0 aliphatic carbocycles. The normalized spacial score (nSPS) is 12.8. The van der Waals surface area contributed by atoms with E-state index in [1.165, 1.54) is 13.0 Å². The number of carbonyl (C=O) groups excluding carboxylic acids is 3. The second-order valence-corrected chi connectivity index (χ2v) is 9.07. The Balaban J connectivity index is 2.89. The smallest absolute Gasteiger partial charge is 0.349 e. The second-order valence-electron chi connectivity index (χ2n) is 9.07. The van der Waals surface area contributed by atoms with Crippen LogP contribution in [0.2, 0.25) is 0 Å². The lowest BCUT2D eigenvalue weighted by Gasteiger charge is -2.21. The quantitative estimate of drug-likeness (QED) is 0.390. The Kier molecular flexibility index (Phi) is 9.04. The Hall–Kier alpha value is -3.08. The summed E-state index contributed by atoms with van der Waals surface area (Å²) in [5, 5.41) is 14.1. The number of esters is 1. The third kappa shape index (κ3) is 8.28. The molecule has 0 radical (unpaired) electrons. The number of ether oxygens (including phenoxy) is 1. The molecule has 170 valence electrons. The molecule has 1 aromatic rings. The van der Waals surface area contributed by atoms with E-state index in [0.29, 0.717) is 5.92 Å². The van der Waals surface area contributed by atoms with Crippen molar-refractivity contribution in [2.75, 3.05) is 0 Å². The fourth-order valence-electron chi connectivity index (χ4n) is 2.86. The molecule has 0 aromatic carbocycles. The van der Waals surface area contributed by atoms with E-state index in [1.54, 1.807) is 20.8 Å². The summed E-state index contributed by atoms with van der Waals surface area (Å²) in [5.74, 6) is -1.14. The van der Waals surface area contributed by atoms with Gasteiger partial charge in [0, 0.05) is 23.5 Å². The number of aromatic nitrogens is 1. The van der Waals surface area contributed by atoms with Crippen LogP contribution in [0.5, 0.6) is 0 Å². The Morgan fingerprint density at radius 3 is 2.35 bits per heavy atom. The summed E-state index contributed by atoms with van der Waals surface area (Å²) in [6.45, 7) is 15.7. The number of nitrogens with one attached hydrogen (secondary N) is 2. The molecule has 0 aliphatic rings. The number of rotatable bonds is 7. The van der Waals surface area contributed by atoms with E-state index in [2.05, 4.69) is 29.0 Å². The van der Waals surface area contributed by atoms with E-state index >= 15 is 0 Å². The molecule has 31 heavy (non-hydrogen) atoms. The molecule has 0 saturated heterocycles. The highest BCUT2D eigenvalue weighted by Crippen LogP contribution is 2.20. The van der Waals surface area contributed by atoms with Gasteiger partial charge in [0.15, 0.2) is 6.10 Å². The van der Waals surface area contributed by atoms with Crippen molar-refractivity contribution in [2.45, 2.75) is 80.0 Å². The summed E-state index contributed by atoms with van der Waals surface area (Å²) in [4.78, 5) is 36.4. The monoisotopic (exact) mass is 430 g/mol. The van der Waals surface area contributed by atoms with Crippen molar-refractivity contribution in [1.29, 1.82) is 5.26 Å². The number of urea groups is 1. The summed E-state index contributed by atoms with van der Waals surface area (Å²) in [7, 11) is 0. The highest BCUT2D eigenvalue weighted by Gasteiger charge is 2.24. The van der Waals surface area contributed by atoms with Gasteiger partial charge in [0.05, 0.1) is 0 Å². The molecule has 8 heteroatoms. The number of carbonyl (C=O) groups is 3. The van der Waals surface area contributed by atoms with Crippen molar-refractivity contribution in [2.24, 2.45) is 5.92 Å². The number of nitrogens with zero attached hydrogens (tertiary/aromatic N) is 2. The van der Waals surface area contributed by atoms with Crippen LogP contribution < -0.4 is 10.6 Å². The molecule has 0 saturated carbocycles. The lowest BCUT2D eigenvalue weighted by molar-refractivity contribution is -0.150. The molecule has 1 heterocycles. The third-order valence-corrected chi connectivity index (χ3v) is 4.56.